The molecule has 3 saturated carbocycles. The standard InChI is InChI=1S/C30H30N4/c1-3-5-21-6-7-22(25(18-32)24(21)17-31)23-8-9-28(27(20-34)26(23)19-33)30-14-11-29(10-4-2,12-15-30)13-16-30/h6-9H,3-5,10-16H2,1-2H3. The Bertz CT molecular complexity index is 1270. The van der Waals surface area contributed by atoms with E-state index in [1.54, 1.807) is 0 Å². The van der Waals surface area contributed by atoms with Gasteiger partial charge in [0.15, 0.2) is 0 Å². The minimum Gasteiger partial charge on any atom is -0.192 e. The fourth-order valence-corrected chi connectivity index (χ4v) is 6.67. The maximum absolute atomic E-state index is 10.2. The summed E-state index contributed by atoms with van der Waals surface area (Å²) in [6.07, 6.45) is 10.9. The molecule has 0 heterocycles. The first-order chi connectivity index (χ1) is 16.5. The van der Waals surface area contributed by atoms with Gasteiger partial charge in [-0.1, -0.05) is 51.0 Å². The zero-order chi connectivity index (χ0) is 24.3. The number of fused-ring (bicyclic) bond motifs is 3. The van der Waals surface area contributed by atoms with E-state index in [1.165, 1.54) is 32.1 Å². The van der Waals surface area contributed by atoms with Crippen molar-refractivity contribution in [2.24, 2.45) is 5.41 Å². The maximum Gasteiger partial charge on any atom is 0.101 e. The van der Waals surface area contributed by atoms with E-state index in [0.29, 0.717) is 45.2 Å². The van der Waals surface area contributed by atoms with Crippen molar-refractivity contribution in [3.8, 4) is 35.4 Å². The summed E-state index contributed by atoms with van der Waals surface area (Å²) in [4.78, 5) is 0. The van der Waals surface area contributed by atoms with Crippen LogP contribution in [0.25, 0.3) is 11.1 Å². The smallest absolute Gasteiger partial charge is 0.101 e. The SMILES string of the molecule is CCCc1ccc(-c2ccc(C34CCC(CCC)(CC3)CC4)c(C#N)c2C#N)c(C#N)c1C#N. The van der Waals surface area contributed by atoms with Gasteiger partial charge in [0.25, 0.3) is 0 Å². The zero-order valence-corrected chi connectivity index (χ0v) is 20.2. The van der Waals surface area contributed by atoms with E-state index in [0.717, 1.165) is 36.8 Å². The Hall–Kier alpha value is -3.60. The predicted octanol–water partition coefficient (Wildman–Crippen LogP) is 7.18. The van der Waals surface area contributed by atoms with Crippen LogP contribution in [0.2, 0.25) is 0 Å². The van der Waals surface area contributed by atoms with Gasteiger partial charge in [0.1, 0.15) is 24.3 Å². The monoisotopic (exact) mass is 446 g/mol. The number of benzene rings is 2. The number of hydrogen-bond donors (Lipinski definition) is 0. The predicted molar refractivity (Wildman–Crippen MR) is 131 cm³/mol. The first kappa shape index (κ1) is 23.6. The van der Waals surface area contributed by atoms with Crippen LogP contribution in [-0.4, -0.2) is 0 Å². The molecule has 0 aliphatic heterocycles. The summed E-state index contributed by atoms with van der Waals surface area (Å²) in [6, 6.07) is 16.7. The molecule has 0 radical (unpaired) electrons. The van der Waals surface area contributed by atoms with E-state index in [2.05, 4.69) is 31.2 Å². The highest BCUT2D eigenvalue weighted by Gasteiger charge is 2.49. The number of aryl methyl sites for hydroxylation is 1. The summed E-state index contributed by atoms with van der Waals surface area (Å²) >= 11 is 0. The number of hydrogen-bond acceptors (Lipinski definition) is 4. The lowest BCUT2D eigenvalue weighted by Gasteiger charge is -2.54. The van der Waals surface area contributed by atoms with Crippen LogP contribution in [0.4, 0.5) is 0 Å². The van der Waals surface area contributed by atoms with Crippen molar-refractivity contribution in [3.05, 3.63) is 57.6 Å². The van der Waals surface area contributed by atoms with Gasteiger partial charge in [0.05, 0.1) is 22.3 Å². The van der Waals surface area contributed by atoms with Gasteiger partial charge in [0, 0.05) is 11.1 Å². The lowest BCUT2D eigenvalue weighted by molar-refractivity contribution is 0.0319. The van der Waals surface area contributed by atoms with Crippen molar-refractivity contribution in [2.45, 2.75) is 83.5 Å². The van der Waals surface area contributed by atoms with Gasteiger partial charge in [-0.3, -0.25) is 0 Å². The molecule has 0 saturated heterocycles. The van der Waals surface area contributed by atoms with Crippen LogP contribution < -0.4 is 0 Å². The molecule has 3 aliphatic carbocycles. The van der Waals surface area contributed by atoms with Crippen molar-refractivity contribution < 1.29 is 0 Å². The lowest BCUT2D eigenvalue weighted by Crippen LogP contribution is -2.44. The summed E-state index contributed by atoms with van der Waals surface area (Å²) in [7, 11) is 0. The van der Waals surface area contributed by atoms with Gasteiger partial charge in [-0.2, -0.15) is 21.0 Å². The molecule has 34 heavy (non-hydrogen) atoms. The molecule has 2 bridgehead atoms. The van der Waals surface area contributed by atoms with E-state index >= 15 is 0 Å². The number of nitrogens with zero attached hydrogens (tertiary/aromatic N) is 4. The first-order valence-electron chi connectivity index (χ1n) is 12.5. The highest BCUT2D eigenvalue weighted by Crippen LogP contribution is 2.60. The lowest BCUT2D eigenvalue weighted by atomic mass is 9.50. The van der Waals surface area contributed by atoms with Crippen LogP contribution >= 0.6 is 0 Å². The zero-order valence-electron chi connectivity index (χ0n) is 20.2. The van der Waals surface area contributed by atoms with Gasteiger partial charge in [-0.25, -0.2) is 0 Å². The topological polar surface area (TPSA) is 95.2 Å². The second kappa shape index (κ2) is 9.34. The molecule has 4 nitrogen and oxygen atoms in total. The molecule has 0 atom stereocenters. The fraction of sp³-hybridized carbons (Fsp3) is 0.467. The van der Waals surface area contributed by atoms with E-state index in [4.69, 9.17) is 0 Å². The summed E-state index contributed by atoms with van der Waals surface area (Å²) in [5.41, 5.74) is 4.86. The molecule has 5 rings (SSSR count). The van der Waals surface area contributed by atoms with Crippen molar-refractivity contribution in [3.63, 3.8) is 0 Å². The van der Waals surface area contributed by atoms with Crippen molar-refractivity contribution in [1.82, 2.24) is 0 Å². The van der Waals surface area contributed by atoms with Crippen LogP contribution in [-0.2, 0) is 11.8 Å². The molecule has 0 amide bonds. The Morgan fingerprint density at radius 2 is 1.18 bits per heavy atom. The molecule has 0 unspecified atom stereocenters. The average Bonchev–Trinajstić information content (AvgIpc) is 2.88. The van der Waals surface area contributed by atoms with E-state index in [1.807, 2.05) is 31.2 Å². The molecule has 2 aromatic carbocycles. The van der Waals surface area contributed by atoms with Crippen molar-refractivity contribution in [2.75, 3.05) is 0 Å². The Balaban J connectivity index is 1.85. The quantitative estimate of drug-likeness (QED) is 0.469. The van der Waals surface area contributed by atoms with Gasteiger partial charge in [-0.15, -0.1) is 0 Å². The first-order valence-corrected chi connectivity index (χ1v) is 12.5. The molecular weight excluding hydrogens is 416 g/mol. The van der Waals surface area contributed by atoms with Crippen LogP contribution in [0.1, 0.15) is 105 Å². The van der Waals surface area contributed by atoms with Crippen LogP contribution in [0, 0.1) is 50.7 Å². The second-order valence-corrected chi connectivity index (χ2v) is 10.2. The van der Waals surface area contributed by atoms with Gasteiger partial charge in [0.2, 0.25) is 0 Å². The number of rotatable bonds is 6. The third-order valence-electron chi connectivity index (χ3n) is 8.51. The molecule has 2 aromatic rings. The summed E-state index contributed by atoms with van der Waals surface area (Å²) in [5, 5.41) is 40.1. The highest BCUT2D eigenvalue weighted by atomic mass is 14.5. The number of nitriles is 4. The minimum atomic E-state index is -0.0362. The second-order valence-electron chi connectivity index (χ2n) is 10.2. The van der Waals surface area contributed by atoms with E-state index < -0.39 is 0 Å². The maximum atomic E-state index is 10.2. The third-order valence-corrected chi connectivity index (χ3v) is 8.51. The van der Waals surface area contributed by atoms with Crippen molar-refractivity contribution >= 4 is 0 Å². The largest absolute Gasteiger partial charge is 0.192 e. The van der Waals surface area contributed by atoms with Crippen LogP contribution in [0.15, 0.2) is 24.3 Å². The average molecular weight is 447 g/mol. The molecular formula is C30H30N4. The Kier molecular flexibility index (Phi) is 6.47. The summed E-state index contributed by atoms with van der Waals surface area (Å²) in [6.45, 7) is 4.30. The third kappa shape index (κ3) is 3.65. The fourth-order valence-electron chi connectivity index (χ4n) is 6.67. The molecule has 170 valence electrons. The molecule has 3 aliphatic rings. The Labute approximate surface area is 203 Å². The van der Waals surface area contributed by atoms with Crippen molar-refractivity contribution in [1.29, 1.82) is 21.0 Å². The van der Waals surface area contributed by atoms with Gasteiger partial charge < -0.3 is 0 Å². The minimum absolute atomic E-state index is 0.0362. The summed E-state index contributed by atoms with van der Waals surface area (Å²) in [5.74, 6) is 0. The normalized spacial score (nSPS) is 22.9. The van der Waals surface area contributed by atoms with E-state index in [-0.39, 0.29) is 5.41 Å². The van der Waals surface area contributed by atoms with Gasteiger partial charge >= 0.3 is 0 Å². The summed E-state index contributed by atoms with van der Waals surface area (Å²) < 4.78 is 0. The molecule has 0 spiro atoms. The molecule has 4 heteroatoms. The van der Waals surface area contributed by atoms with E-state index in [9.17, 15) is 21.0 Å². The van der Waals surface area contributed by atoms with Crippen LogP contribution in [0.3, 0.4) is 0 Å². The van der Waals surface area contributed by atoms with Crippen LogP contribution in [0.5, 0.6) is 0 Å². The molecule has 3 fully saturated rings. The van der Waals surface area contributed by atoms with Gasteiger partial charge in [-0.05, 0) is 73.3 Å². The molecule has 0 N–H and O–H groups in total. The Morgan fingerprint density at radius 3 is 1.68 bits per heavy atom. The Morgan fingerprint density at radius 1 is 0.647 bits per heavy atom. The highest BCUT2D eigenvalue weighted by molar-refractivity contribution is 5.81. The molecule has 0 aromatic heterocycles.